The van der Waals surface area contributed by atoms with Crippen molar-refractivity contribution in [1.29, 1.82) is 0 Å². The maximum atomic E-state index is 5.09. The van der Waals surface area contributed by atoms with Gasteiger partial charge < -0.3 is 4.74 Å². The summed E-state index contributed by atoms with van der Waals surface area (Å²) in [6.45, 7) is 8.70. The third kappa shape index (κ3) is 4.07. The second-order valence-electron chi connectivity index (χ2n) is 3.30. The number of hydrogen-bond acceptors (Lipinski definition) is 1. The first-order valence-corrected chi connectivity index (χ1v) is 4.34. The molecule has 0 aliphatic rings. The molecule has 0 aliphatic carbocycles. The summed E-state index contributed by atoms with van der Waals surface area (Å²) >= 11 is 0. The first kappa shape index (κ1) is 10.5. The Labute approximate surface area is 70.4 Å². The highest BCUT2D eigenvalue weighted by molar-refractivity contribution is 4.93. The van der Waals surface area contributed by atoms with Gasteiger partial charge in [0.25, 0.3) is 0 Å². The first-order chi connectivity index (χ1) is 5.11. The average molecular weight is 156 g/mol. The molecule has 1 unspecified atom stereocenters. The zero-order chi connectivity index (χ0) is 8.85. The van der Waals surface area contributed by atoms with Gasteiger partial charge in [0.1, 0.15) is 0 Å². The predicted octanol–water partition coefficient (Wildman–Crippen LogP) is 3.22. The third-order valence-corrected chi connectivity index (χ3v) is 2.10. The summed E-state index contributed by atoms with van der Waals surface area (Å²) in [5.41, 5.74) is 0. The molecule has 0 rings (SSSR count). The minimum atomic E-state index is 0.662. The first-order valence-electron chi connectivity index (χ1n) is 4.34. The van der Waals surface area contributed by atoms with E-state index >= 15 is 0 Å². The minimum absolute atomic E-state index is 0.662. The lowest BCUT2D eigenvalue weighted by Crippen LogP contribution is -2.04. The molecular formula is C10H20O. The Balaban J connectivity index is 4.06. The molecule has 0 N–H and O–H groups in total. The van der Waals surface area contributed by atoms with Gasteiger partial charge in [0.05, 0.1) is 12.9 Å². The van der Waals surface area contributed by atoms with E-state index in [4.69, 9.17) is 4.74 Å². The Kier molecular flexibility index (Phi) is 5.01. The van der Waals surface area contributed by atoms with E-state index in [0.717, 1.165) is 5.76 Å². The number of allylic oxidation sites excluding steroid dienone is 2. The number of hydrogen-bond donors (Lipinski definition) is 0. The fraction of sp³-hybridized carbons (Fsp3) is 0.800. The molecule has 0 aromatic carbocycles. The van der Waals surface area contributed by atoms with E-state index in [-0.39, 0.29) is 0 Å². The monoisotopic (exact) mass is 156 g/mol. The summed E-state index contributed by atoms with van der Waals surface area (Å²) in [7, 11) is 1.72. The van der Waals surface area contributed by atoms with Crippen LogP contribution in [0.25, 0.3) is 0 Å². The van der Waals surface area contributed by atoms with Gasteiger partial charge in [-0.05, 0) is 31.3 Å². The van der Waals surface area contributed by atoms with Crippen molar-refractivity contribution in [3.63, 3.8) is 0 Å². The summed E-state index contributed by atoms with van der Waals surface area (Å²) in [6, 6.07) is 0. The molecule has 1 heteroatoms. The van der Waals surface area contributed by atoms with Crippen LogP contribution >= 0.6 is 0 Å². The Morgan fingerprint density at radius 3 is 2.27 bits per heavy atom. The van der Waals surface area contributed by atoms with E-state index in [1.807, 2.05) is 6.92 Å². The summed E-state index contributed by atoms with van der Waals surface area (Å²) in [4.78, 5) is 0. The molecule has 0 bridgehead atoms. The van der Waals surface area contributed by atoms with Crippen molar-refractivity contribution in [2.45, 2.75) is 34.1 Å². The minimum Gasteiger partial charge on any atom is -0.502 e. The van der Waals surface area contributed by atoms with Crippen LogP contribution in [-0.4, -0.2) is 7.11 Å². The van der Waals surface area contributed by atoms with Crippen molar-refractivity contribution in [2.24, 2.45) is 11.8 Å². The smallest absolute Gasteiger partial charge is 0.0887 e. The molecule has 0 heterocycles. The van der Waals surface area contributed by atoms with Crippen LogP contribution in [0.15, 0.2) is 11.8 Å². The van der Waals surface area contributed by atoms with E-state index < -0.39 is 0 Å². The van der Waals surface area contributed by atoms with Crippen LogP contribution in [0, 0.1) is 11.8 Å². The summed E-state index contributed by atoms with van der Waals surface area (Å²) < 4.78 is 5.09. The SMILES string of the molecule is CCC(/C=C(/C)OC)C(C)C. The van der Waals surface area contributed by atoms with Crippen molar-refractivity contribution in [2.75, 3.05) is 7.11 Å². The van der Waals surface area contributed by atoms with Crippen LogP contribution in [0.5, 0.6) is 0 Å². The van der Waals surface area contributed by atoms with Crippen molar-refractivity contribution in [3.8, 4) is 0 Å². The molecule has 0 radical (unpaired) electrons. The third-order valence-electron chi connectivity index (χ3n) is 2.10. The van der Waals surface area contributed by atoms with Crippen molar-refractivity contribution in [1.82, 2.24) is 0 Å². The van der Waals surface area contributed by atoms with Crippen LogP contribution in [0.1, 0.15) is 34.1 Å². The Morgan fingerprint density at radius 1 is 1.45 bits per heavy atom. The molecule has 0 aromatic rings. The van der Waals surface area contributed by atoms with Crippen molar-refractivity contribution in [3.05, 3.63) is 11.8 Å². The Hall–Kier alpha value is -0.460. The molecule has 0 fully saturated rings. The zero-order valence-corrected chi connectivity index (χ0v) is 8.35. The van der Waals surface area contributed by atoms with E-state index in [1.165, 1.54) is 6.42 Å². The number of rotatable bonds is 4. The topological polar surface area (TPSA) is 9.23 Å². The molecule has 0 amide bonds. The van der Waals surface area contributed by atoms with Crippen LogP contribution < -0.4 is 0 Å². The average Bonchev–Trinajstić information content (AvgIpc) is 1.99. The molecule has 11 heavy (non-hydrogen) atoms. The fourth-order valence-corrected chi connectivity index (χ4v) is 1.15. The van der Waals surface area contributed by atoms with Gasteiger partial charge in [0.15, 0.2) is 0 Å². The van der Waals surface area contributed by atoms with Crippen LogP contribution in [0.2, 0.25) is 0 Å². The summed E-state index contributed by atoms with van der Waals surface area (Å²) in [5, 5.41) is 0. The van der Waals surface area contributed by atoms with Gasteiger partial charge in [-0.2, -0.15) is 0 Å². The maximum absolute atomic E-state index is 5.09. The lowest BCUT2D eigenvalue weighted by molar-refractivity contribution is 0.284. The van der Waals surface area contributed by atoms with Gasteiger partial charge in [-0.15, -0.1) is 0 Å². The van der Waals surface area contributed by atoms with Gasteiger partial charge in [-0.3, -0.25) is 0 Å². The van der Waals surface area contributed by atoms with Gasteiger partial charge in [-0.25, -0.2) is 0 Å². The van der Waals surface area contributed by atoms with E-state index in [2.05, 4.69) is 26.8 Å². The lowest BCUT2D eigenvalue weighted by Gasteiger charge is -2.15. The zero-order valence-electron chi connectivity index (χ0n) is 8.35. The van der Waals surface area contributed by atoms with Crippen LogP contribution in [0.4, 0.5) is 0 Å². The Morgan fingerprint density at radius 2 is 2.00 bits per heavy atom. The second kappa shape index (κ2) is 5.22. The lowest BCUT2D eigenvalue weighted by atomic mass is 9.93. The molecule has 1 atom stereocenters. The number of methoxy groups -OCH3 is 1. The number of ether oxygens (including phenoxy) is 1. The van der Waals surface area contributed by atoms with Gasteiger partial charge in [0.2, 0.25) is 0 Å². The molecule has 66 valence electrons. The molecule has 0 aromatic heterocycles. The molecule has 0 aliphatic heterocycles. The largest absolute Gasteiger partial charge is 0.502 e. The van der Waals surface area contributed by atoms with Crippen molar-refractivity contribution < 1.29 is 4.74 Å². The summed E-state index contributed by atoms with van der Waals surface area (Å²) in [5.74, 6) is 2.41. The van der Waals surface area contributed by atoms with Crippen LogP contribution in [-0.2, 0) is 4.74 Å². The maximum Gasteiger partial charge on any atom is 0.0887 e. The normalized spacial score (nSPS) is 15.3. The quantitative estimate of drug-likeness (QED) is 0.568. The predicted molar refractivity (Wildman–Crippen MR) is 49.4 cm³/mol. The highest BCUT2D eigenvalue weighted by Gasteiger charge is 2.07. The molecular weight excluding hydrogens is 136 g/mol. The van der Waals surface area contributed by atoms with E-state index in [1.54, 1.807) is 7.11 Å². The fourth-order valence-electron chi connectivity index (χ4n) is 1.15. The highest BCUT2D eigenvalue weighted by Crippen LogP contribution is 2.17. The Bertz CT molecular complexity index is 125. The van der Waals surface area contributed by atoms with Crippen molar-refractivity contribution >= 4 is 0 Å². The highest BCUT2D eigenvalue weighted by atomic mass is 16.5. The van der Waals surface area contributed by atoms with Crippen LogP contribution in [0.3, 0.4) is 0 Å². The van der Waals surface area contributed by atoms with E-state index in [0.29, 0.717) is 11.8 Å². The molecule has 1 nitrogen and oxygen atoms in total. The van der Waals surface area contributed by atoms with Gasteiger partial charge in [-0.1, -0.05) is 20.8 Å². The van der Waals surface area contributed by atoms with E-state index in [9.17, 15) is 0 Å². The standard InChI is InChI=1S/C10H20O/c1-6-10(8(2)3)7-9(4)11-5/h7-8,10H,6H2,1-5H3/b9-7-. The second-order valence-corrected chi connectivity index (χ2v) is 3.30. The van der Waals surface area contributed by atoms with Gasteiger partial charge in [0, 0.05) is 0 Å². The molecule has 0 spiro atoms. The molecule has 0 saturated carbocycles. The van der Waals surface area contributed by atoms with Gasteiger partial charge >= 0.3 is 0 Å². The molecule has 0 saturated heterocycles. The summed E-state index contributed by atoms with van der Waals surface area (Å²) in [6.07, 6.45) is 3.41.